The maximum atomic E-state index is 11.3. The molecule has 2 heterocycles. The van der Waals surface area contributed by atoms with Crippen molar-refractivity contribution in [1.29, 1.82) is 0 Å². The SMILES string of the molecule is O=C(O)C1CNCCN1c1nc2ccc([N+](=O)[O-])cc2[nH]1. The van der Waals surface area contributed by atoms with Crippen LogP contribution in [0.15, 0.2) is 18.2 Å². The van der Waals surface area contributed by atoms with E-state index in [1.165, 1.54) is 12.1 Å². The van der Waals surface area contributed by atoms with E-state index in [2.05, 4.69) is 15.3 Å². The third-order valence-electron chi connectivity index (χ3n) is 3.46. The van der Waals surface area contributed by atoms with Crippen LogP contribution in [0.5, 0.6) is 0 Å². The van der Waals surface area contributed by atoms with Crippen molar-refractivity contribution in [3.8, 4) is 0 Å². The van der Waals surface area contributed by atoms with Crippen molar-refractivity contribution < 1.29 is 14.8 Å². The van der Waals surface area contributed by atoms with E-state index in [4.69, 9.17) is 0 Å². The summed E-state index contributed by atoms with van der Waals surface area (Å²) in [6.07, 6.45) is 0. The van der Waals surface area contributed by atoms with E-state index in [1.54, 1.807) is 11.0 Å². The van der Waals surface area contributed by atoms with Gasteiger partial charge in [0.1, 0.15) is 6.04 Å². The molecule has 2 aromatic rings. The lowest BCUT2D eigenvalue weighted by Gasteiger charge is -2.33. The highest BCUT2D eigenvalue weighted by Crippen LogP contribution is 2.23. The number of aliphatic carboxylic acids is 1. The molecule has 0 radical (unpaired) electrons. The maximum absolute atomic E-state index is 11.3. The summed E-state index contributed by atoms with van der Waals surface area (Å²) in [6, 6.07) is 3.60. The van der Waals surface area contributed by atoms with Crippen LogP contribution in [0.25, 0.3) is 11.0 Å². The number of carbonyl (C=O) groups is 1. The molecule has 0 saturated carbocycles. The number of piperazine rings is 1. The number of aromatic amines is 1. The minimum absolute atomic E-state index is 0.0344. The van der Waals surface area contributed by atoms with E-state index in [9.17, 15) is 20.0 Å². The third kappa shape index (κ3) is 2.38. The zero-order valence-corrected chi connectivity index (χ0v) is 10.9. The number of benzene rings is 1. The number of imidazole rings is 1. The van der Waals surface area contributed by atoms with Crippen LogP contribution in [0, 0.1) is 10.1 Å². The fourth-order valence-electron chi connectivity index (χ4n) is 2.41. The summed E-state index contributed by atoms with van der Waals surface area (Å²) in [6.45, 7) is 1.48. The molecule has 110 valence electrons. The van der Waals surface area contributed by atoms with Gasteiger partial charge in [0, 0.05) is 31.8 Å². The molecule has 1 aromatic heterocycles. The average Bonchev–Trinajstić information content (AvgIpc) is 2.89. The zero-order chi connectivity index (χ0) is 15.0. The molecule has 1 saturated heterocycles. The van der Waals surface area contributed by atoms with E-state index in [0.29, 0.717) is 36.6 Å². The summed E-state index contributed by atoms with van der Waals surface area (Å²) in [7, 11) is 0. The van der Waals surface area contributed by atoms with E-state index >= 15 is 0 Å². The van der Waals surface area contributed by atoms with Crippen molar-refractivity contribution in [1.82, 2.24) is 15.3 Å². The van der Waals surface area contributed by atoms with Gasteiger partial charge in [-0.15, -0.1) is 0 Å². The number of carboxylic acid groups (broad SMARTS) is 1. The first-order chi connectivity index (χ1) is 10.1. The Morgan fingerprint density at radius 1 is 1.52 bits per heavy atom. The molecule has 1 aliphatic rings. The number of nitro groups is 1. The van der Waals surface area contributed by atoms with Crippen LogP contribution in [0.2, 0.25) is 0 Å². The number of aromatic nitrogens is 2. The Bertz CT molecular complexity index is 713. The van der Waals surface area contributed by atoms with E-state index < -0.39 is 16.9 Å². The van der Waals surface area contributed by atoms with E-state index in [0.717, 1.165) is 0 Å². The van der Waals surface area contributed by atoms with Gasteiger partial charge in [-0.05, 0) is 6.07 Å². The monoisotopic (exact) mass is 291 g/mol. The number of nitrogens with one attached hydrogen (secondary N) is 2. The van der Waals surface area contributed by atoms with Gasteiger partial charge in [-0.3, -0.25) is 10.1 Å². The first-order valence-electron chi connectivity index (χ1n) is 6.40. The topological polar surface area (TPSA) is 124 Å². The van der Waals surface area contributed by atoms with Crippen LogP contribution >= 0.6 is 0 Å². The summed E-state index contributed by atoms with van der Waals surface area (Å²) >= 11 is 0. The molecule has 1 aliphatic heterocycles. The van der Waals surface area contributed by atoms with Crippen molar-refractivity contribution in [2.75, 3.05) is 24.5 Å². The molecular formula is C12H13N5O4. The fourth-order valence-corrected chi connectivity index (χ4v) is 2.41. The van der Waals surface area contributed by atoms with Gasteiger partial charge in [-0.1, -0.05) is 0 Å². The highest BCUT2D eigenvalue weighted by atomic mass is 16.6. The van der Waals surface area contributed by atoms with Crippen molar-refractivity contribution in [2.24, 2.45) is 0 Å². The van der Waals surface area contributed by atoms with Gasteiger partial charge in [-0.2, -0.15) is 0 Å². The molecule has 0 amide bonds. The number of hydrogen-bond acceptors (Lipinski definition) is 6. The molecule has 1 atom stereocenters. The quantitative estimate of drug-likeness (QED) is 0.550. The number of hydrogen-bond donors (Lipinski definition) is 3. The van der Waals surface area contributed by atoms with Gasteiger partial charge in [0.25, 0.3) is 5.69 Å². The van der Waals surface area contributed by atoms with Crippen LogP contribution < -0.4 is 10.2 Å². The smallest absolute Gasteiger partial charge is 0.327 e. The summed E-state index contributed by atoms with van der Waals surface area (Å²) in [5.41, 5.74) is 1.05. The molecule has 1 fully saturated rings. The van der Waals surface area contributed by atoms with Gasteiger partial charge in [0.15, 0.2) is 0 Å². The number of non-ortho nitro benzene ring substituents is 1. The van der Waals surface area contributed by atoms with Crippen molar-refractivity contribution in [3.05, 3.63) is 28.3 Å². The lowest BCUT2D eigenvalue weighted by molar-refractivity contribution is -0.384. The van der Waals surface area contributed by atoms with Crippen LogP contribution in [0.3, 0.4) is 0 Å². The highest BCUT2D eigenvalue weighted by molar-refractivity contribution is 5.82. The molecule has 0 aliphatic carbocycles. The molecule has 1 aromatic carbocycles. The lowest BCUT2D eigenvalue weighted by Crippen LogP contribution is -2.55. The number of H-pyrrole nitrogens is 1. The standard InChI is InChI=1S/C12H13N5O4/c18-11(19)10-6-13-3-4-16(10)12-14-8-2-1-7(17(20)21)5-9(8)15-12/h1-2,5,10,13H,3-4,6H2,(H,14,15)(H,18,19). The second kappa shape index (κ2) is 5.02. The van der Waals surface area contributed by atoms with Gasteiger partial charge < -0.3 is 20.3 Å². The van der Waals surface area contributed by atoms with Crippen molar-refractivity contribution >= 4 is 28.6 Å². The molecule has 21 heavy (non-hydrogen) atoms. The maximum Gasteiger partial charge on any atom is 0.327 e. The predicted octanol–water partition coefficient (Wildman–Crippen LogP) is 0.334. The largest absolute Gasteiger partial charge is 0.480 e. The normalized spacial score (nSPS) is 18.9. The van der Waals surface area contributed by atoms with Crippen molar-refractivity contribution in [3.63, 3.8) is 0 Å². The van der Waals surface area contributed by atoms with Gasteiger partial charge in [0.05, 0.1) is 16.0 Å². The minimum atomic E-state index is -0.936. The van der Waals surface area contributed by atoms with E-state index in [1.807, 2.05) is 0 Å². The van der Waals surface area contributed by atoms with Crippen LogP contribution in [-0.4, -0.2) is 51.6 Å². The van der Waals surface area contributed by atoms with E-state index in [-0.39, 0.29) is 5.69 Å². The Balaban J connectivity index is 1.99. The Morgan fingerprint density at radius 2 is 2.33 bits per heavy atom. The number of anilines is 1. The first-order valence-corrected chi connectivity index (χ1v) is 6.40. The number of nitro benzene ring substituents is 1. The average molecular weight is 291 g/mol. The van der Waals surface area contributed by atoms with Gasteiger partial charge in [-0.25, -0.2) is 9.78 Å². The summed E-state index contributed by atoms with van der Waals surface area (Å²) in [4.78, 5) is 30.5. The zero-order valence-electron chi connectivity index (χ0n) is 10.9. The summed E-state index contributed by atoms with van der Waals surface area (Å²) < 4.78 is 0. The highest BCUT2D eigenvalue weighted by Gasteiger charge is 2.30. The van der Waals surface area contributed by atoms with Crippen LogP contribution in [0.4, 0.5) is 11.6 Å². The Labute approximate surface area is 118 Å². The van der Waals surface area contributed by atoms with Crippen LogP contribution in [-0.2, 0) is 4.79 Å². The number of carboxylic acids is 1. The third-order valence-corrected chi connectivity index (χ3v) is 3.46. The molecule has 3 rings (SSSR count). The second-order valence-corrected chi connectivity index (χ2v) is 4.77. The Hall–Kier alpha value is -2.68. The van der Waals surface area contributed by atoms with Crippen molar-refractivity contribution in [2.45, 2.75) is 6.04 Å². The molecule has 1 unspecified atom stereocenters. The molecule has 3 N–H and O–H groups in total. The number of rotatable bonds is 3. The van der Waals surface area contributed by atoms with Gasteiger partial charge >= 0.3 is 5.97 Å². The lowest BCUT2D eigenvalue weighted by atomic mass is 10.2. The molecular weight excluding hydrogens is 278 g/mol. The Morgan fingerprint density at radius 3 is 3.05 bits per heavy atom. The summed E-state index contributed by atoms with van der Waals surface area (Å²) in [5.74, 6) is -0.520. The summed E-state index contributed by atoms with van der Waals surface area (Å²) in [5, 5.41) is 23.0. The number of nitrogens with zero attached hydrogens (tertiary/aromatic N) is 3. The Kier molecular flexibility index (Phi) is 3.18. The molecule has 9 heteroatoms. The minimum Gasteiger partial charge on any atom is -0.480 e. The van der Waals surface area contributed by atoms with Crippen LogP contribution in [0.1, 0.15) is 0 Å². The first kappa shape index (κ1) is 13.3. The molecule has 9 nitrogen and oxygen atoms in total. The predicted molar refractivity (Wildman–Crippen MR) is 74.4 cm³/mol. The molecule has 0 spiro atoms. The van der Waals surface area contributed by atoms with Gasteiger partial charge in [0.2, 0.25) is 5.95 Å². The fraction of sp³-hybridized carbons (Fsp3) is 0.333. The second-order valence-electron chi connectivity index (χ2n) is 4.77. The molecule has 0 bridgehead atoms. The number of fused-ring (bicyclic) bond motifs is 1.